The van der Waals surface area contributed by atoms with Crippen molar-refractivity contribution in [3.8, 4) is 5.75 Å². The van der Waals surface area contributed by atoms with Gasteiger partial charge in [0.05, 0.1) is 0 Å². The molecule has 18 heavy (non-hydrogen) atoms. The van der Waals surface area contributed by atoms with E-state index in [0.717, 1.165) is 5.75 Å². The normalized spacial score (nSPS) is 10.6. The molecule has 0 radical (unpaired) electrons. The minimum Gasteiger partial charge on any atom is -0.488 e. The van der Waals surface area contributed by atoms with Crippen LogP contribution in [-0.2, 0) is 13.2 Å². The fourth-order valence-corrected chi connectivity index (χ4v) is 3.19. The second-order valence-corrected chi connectivity index (χ2v) is 6.13. The Morgan fingerprint density at radius 1 is 1.33 bits per heavy atom. The number of para-hydroxylation sites is 1. The number of aryl methyl sites for hydroxylation is 1. The van der Waals surface area contributed by atoms with Gasteiger partial charge in [0.2, 0.25) is 0 Å². The van der Waals surface area contributed by atoms with Crippen LogP contribution < -0.4 is 10.5 Å². The lowest BCUT2D eigenvalue weighted by atomic mass is 10.2. The first-order chi connectivity index (χ1) is 8.74. The van der Waals surface area contributed by atoms with Gasteiger partial charge in [0.25, 0.3) is 0 Å². The van der Waals surface area contributed by atoms with E-state index in [1.807, 2.05) is 18.2 Å². The maximum atomic E-state index is 5.90. The van der Waals surface area contributed by atoms with Gasteiger partial charge in [0.1, 0.15) is 12.4 Å². The van der Waals surface area contributed by atoms with Crippen molar-refractivity contribution in [3.63, 3.8) is 0 Å². The average Bonchev–Trinajstić information content (AvgIpc) is 2.77. The molecule has 0 aliphatic carbocycles. The molecule has 0 bridgehead atoms. The molecule has 2 aromatic rings. The zero-order chi connectivity index (χ0) is 13.0. The minimum absolute atomic E-state index is 0.604. The molecule has 0 amide bonds. The molecule has 2 rings (SSSR count). The molecule has 0 spiro atoms. The van der Waals surface area contributed by atoms with E-state index < -0.39 is 0 Å². The number of hydrogen-bond acceptors (Lipinski definition) is 4. The maximum absolute atomic E-state index is 5.90. The van der Waals surface area contributed by atoms with Crippen molar-refractivity contribution in [2.75, 3.05) is 6.26 Å². The van der Waals surface area contributed by atoms with Crippen LogP contribution in [0.5, 0.6) is 5.75 Å². The molecular weight excluding hydrogens is 262 g/mol. The summed E-state index contributed by atoms with van der Waals surface area (Å²) >= 11 is 3.45. The second kappa shape index (κ2) is 6.27. The van der Waals surface area contributed by atoms with Crippen molar-refractivity contribution in [2.45, 2.75) is 25.0 Å². The second-order valence-electron chi connectivity index (χ2n) is 3.94. The van der Waals surface area contributed by atoms with Gasteiger partial charge in [-0.2, -0.15) is 0 Å². The standard InChI is InChI=1S/C14H17NOS2/c1-10-11(7-12(8-15)18-10)9-16-13-5-3-4-6-14(13)17-2/h3-7H,8-9,15H2,1-2H3. The number of thioether (sulfide) groups is 1. The van der Waals surface area contributed by atoms with Gasteiger partial charge in [-0.25, -0.2) is 0 Å². The highest BCUT2D eigenvalue weighted by Gasteiger charge is 2.07. The van der Waals surface area contributed by atoms with Crippen molar-refractivity contribution >= 4 is 23.1 Å². The molecule has 96 valence electrons. The zero-order valence-electron chi connectivity index (χ0n) is 10.6. The summed E-state index contributed by atoms with van der Waals surface area (Å²) in [5, 5.41) is 0. The Hall–Kier alpha value is -0.970. The topological polar surface area (TPSA) is 35.2 Å². The van der Waals surface area contributed by atoms with Crippen LogP contribution in [0, 0.1) is 6.92 Å². The Balaban J connectivity index is 2.08. The Morgan fingerprint density at radius 3 is 2.78 bits per heavy atom. The van der Waals surface area contributed by atoms with Crippen LogP contribution in [0.15, 0.2) is 35.2 Å². The Kier molecular flexibility index (Phi) is 4.69. The van der Waals surface area contributed by atoms with Crippen LogP contribution >= 0.6 is 23.1 Å². The third kappa shape index (κ3) is 3.07. The first-order valence-electron chi connectivity index (χ1n) is 5.78. The van der Waals surface area contributed by atoms with Crippen LogP contribution in [0.25, 0.3) is 0 Å². The third-order valence-electron chi connectivity index (χ3n) is 2.73. The highest BCUT2D eigenvalue weighted by molar-refractivity contribution is 7.98. The van der Waals surface area contributed by atoms with Crippen LogP contribution in [-0.4, -0.2) is 6.26 Å². The monoisotopic (exact) mass is 279 g/mol. The Labute approximate surface area is 116 Å². The number of benzene rings is 1. The SMILES string of the molecule is CSc1ccccc1OCc1cc(CN)sc1C. The molecule has 0 saturated carbocycles. The van der Waals surface area contributed by atoms with Crippen molar-refractivity contribution in [3.05, 3.63) is 45.6 Å². The first kappa shape index (κ1) is 13.5. The number of nitrogens with two attached hydrogens (primary N) is 1. The van der Waals surface area contributed by atoms with E-state index in [1.165, 1.54) is 20.2 Å². The third-order valence-corrected chi connectivity index (χ3v) is 4.62. The summed E-state index contributed by atoms with van der Waals surface area (Å²) in [5.41, 5.74) is 6.88. The summed E-state index contributed by atoms with van der Waals surface area (Å²) in [6.45, 7) is 3.33. The van der Waals surface area contributed by atoms with Gasteiger partial charge in [-0.1, -0.05) is 12.1 Å². The molecule has 1 aromatic heterocycles. The van der Waals surface area contributed by atoms with E-state index in [4.69, 9.17) is 10.5 Å². The van der Waals surface area contributed by atoms with Gasteiger partial charge in [-0.3, -0.25) is 0 Å². The number of thiophene rings is 1. The smallest absolute Gasteiger partial charge is 0.133 e. The predicted molar refractivity (Wildman–Crippen MR) is 79.5 cm³/mol. The van der Waals surface area contributed by atoms with Crippen LogP contribution in [0.4, 0.5) is 0 Å². The molecule has 0 fully saturated rings. The number of hydrogen-bond donors (Lipinski definition) is 1. The Bertz CT molecular complexity index is 522. The van der Waals surface area contributed by atoms with E-state index in [0.29, 0.717) is 13.2 Å². The quantitative estimate of drug-likeness (QED) is 0.845. The largest absolute Gasteiger partial charge is 0.488 e. The van der Waals surface area contributed by atoms with Gasteiger partial charge in [0.15, 0.2) is 0 Å². The minimum atomic E-state index is 0.604. The first-order valence-corrected chi connectivity index (χ1v) is 7.82. The highest BCUT2D eigenvalue weighted by Crippen LogP contribution is 2.29. The van der Waals surface area contributed by atoms with Gasteiger partial charge in [0, 0.05) is 26.8 Å². The summed E-state index contributed by atoms with van der Waals surface area (Å²) in [5.74, 6) is 0.949. The summed E-state index contributed by atoms with van der Waals surface area (Å²) < 4.78 is 5.90. The van der Waals surface area contributed by atoms with Gasteiger partial charge < -0.3 is 10.5 Å². The van der Waals surface area contributed by atoms with E-state index in [1.54, 1.807) is 23.1 Å². The molecule has 1 heterocycles. The number of rotatable bonds is 5. The lowest BCUT2D eigenvalue weighted by Crippen LogP contribution is -1.97. The Morgan fingerprint density at radius 2 is 2.11 bits per heavy atom. The molecule has 0 unspecified atom stereocenters. The molecule has 0 saturated heterocycles. The summed E-state index contributed by atoms with van der Waals surface area (Å²) in [7, 11) is 0. The number of ether oxygens (including phenoxy) is 1. The highest BCUT2D eigenvalue weighted by atomic mass is 32.2. The zero-order valence-corrected chi connectivity index (χ0v) is 12.2. The summed E-state index contributed by atoms with van der Waals surface area (Å²) in [6, 6.07) is 10.3. The van der Waals surface area contributed by atoms with E-state index >= 15 is 0 Å². The average molecular weight is 279 g/mol. The van der Waals surface area contributed by atoms with Crippen molar-refractivity contribution in [2.24, 2.45) is 5.73 Å². The fraction of sp³-hybridized carbons (Fsp3) is 0.286. The lowest BCUT2D eigenvalue weighted by molar-refractivity contribution is 0.298. The van der Waals surface area contributed by atoms with Gasteiger partial charge in [-0.05, 0) is 31.4 Å². The maximum Gasteiger partial charge on any atom is 0.133 e. The van der Waals surface area contributed by atoms with E-state index in [2.05, 4.69) is 25.3 Å². The van der Waals surface area contributed by atoms with Crippen LogP contribution in [0.2, 0.25) is 0 Å². The molecular formula is C14H17NOS2. The summed E-state index contributed by atoms with van der Waals surface area (Å²) in [4.78, 5) is 3.67. The fourth-order valence-electron chi connectivity index (χ4n) is 1.73. The van der Waals surface area contributed by atoms with E-state index in [9.17, 15) is 0 Å². The lowest BCUT2D eigenvalue weighted by Gasteiger charge is -2.09. The van der Waals surface area contributed by atoms with Crippen molar-refractivity contribution in [1.29, 1.82) is 0 Å². The van der Waals surface area contributed by atoms with Gasteiger partial charge >= 0.3 is 0 Å². The molecule has 0 atom stereocenters. The van der Waals surface area contributed by atoms with Crippen LogP contribution in [0.1, 0.15) is 15.3 Å². The van der Waals surface area contributed by atoms with E-state index in [-0.39, 0.29) is 0 Å². The molecule has 2 nitrogen and oxygen atoms in total. The molecule has 0 aliphatic rings. The molecule has 1 aromatic carbocycles. The van der Waals surface area contributed by atoms with Gasteiger partial charge in [-0.15, -0.1) is 23.1 Å². The molecule has 0 aliphatic heterocycles. The molecule has 4 heteroatoms. The summed E-state index contributed by atoms with van der Waals surface area (Å²) in [6.07, 6.45) is 2.06. The molecule has 2 N–H and O–H groups in total. The predicted octanol–water partition coefficient (Wildman–Crippen LogP) is 3.82. The van der Waals surface area contributed by atoms with Crippen molar-refractivity contribution < 1.29 is 4.74 Å². The van der Waals surface area contributed by atoms with Crippen LogP contribution in [0.3, 0.4) is 0 Å². The van der Waals surface area contributed by atoms with Crippen molar-refractivity contribution in [1.82, 2.24) is 0 Å².